The van der Waals surface area contributed by atoms with Gasteiger partial charge in [0.2, 0.25) is 0 Å². The summed E-state index contributed by atoms with van der Waals surface area (Å²) < 4.78 is 1.59. The lowest BCUT2D eigenvalue weighted by Crippen LogP contribution is -2.21. The van der Waals surface area contributed by atoms with Crippen LogP contribution in [0.4, 0.5) is 0 Å². The van der Waals surface area contributed by atoms with E-state index < -0.39 is 11.2 Å². The van der Waals surface area contributed by atoms with Crippen molar-refractivity contribution in [3.8, 4) is 0 Å². The second kappa shape index (κ2) is 2.58. The van der Waals surface area contributed by atoms with E-state index in [0.717, 1.165) is 0 Å². The van der Waals surface area contributed by atoms with Crippen LogP contribution < -0.4 is 11.2 Å². The van der Waals surface area contributed by atoms with Gasteiger partial charge in [0.1, 0.15) is 0 Å². The monoisotopic (exact) mass is 180 g/mol. The fraction of sp³-hybridized carbons (Fsp3) is 0.286. The molecule has 6 heteroatoms. The predicted molar refractivity (Wildman–Crippen MR) is 46.6 cm³/mol. The topological polar surface area (TPSA) is 83.5 Å². The zero-order chi connectivity index (χ0) is 9.42. The summed E-state index contributed by atoms with van der Waals surface area (Å²) in [6.45, 7) is 2.56. The predicted octanol–water partition coefficient (Wildman–Crippen LogP) is -0.567. The van der Waals surface area contributed by atoms with Crippen LogP contribution in [0.5, 0.6) is 0 Å². The van der Waals surface area contributed by atoms with Gasteiger partial charge in [-0.25, -0.2) is 4.79 Å². The fourth-order valence-electron chi connectivity index (χ4n) is 1.16. The normalized spacial score (nSPS) is 10.8. The van der Waals surface area contributed by atoms with Gasteiger partial charge in [0.25, 0.3) is 5.56 Å². The minimum atomic E-state index is -0.506. The van der Waals surface area contributed by atoms with Crippen LogP contribution in [0, 0.1) is 0 Å². The Morgan fingerprint density at radius 1 is 1.46 bits per heavy atom. The third-order valence-electron chi connectivity index (χ3n) is 1.78. The molecule has 2 N–H and O–H groups in total. The Kier molecular flexibility index (Phi) is 1.54. The molecule has 0 saturated carbocycles. The highest BCUT2D eigenvalue weighted by Gasteiger charge is 2.04. The Labute approximate surface area is 72.2 Å². The largest absolute Gasteiger partial charge is 0.326 e. The maximum Gasteiger partial charge on any atom is 0.326 e. The van der Waals surface area contributed by atoms with Gasteiger partial charge >= 0.3 is 5.69 Å². The van der Waals surface area contributed by atoms with Gasteiger partial charge in [-0.05, 0) is 6.92 Å². The third-order valence-corrected chi connectivity index (χ3v) is 1.78. The molecule has 68 valence electrons. The Morgan fingerprint density at radius 2 is 2.23 bits per heavy atom. The molecule has 0 bridgehead atoms. The number of nitrogens with one attached hydrogen (secondary N) is 2. The molecule has 0 unspecified atom stereocenters. The van der Waals surface area contributed by atoms with Gasteiger partial charge < -0.3 is 4.98 Å². The van der Waals surface area contributed by atoms with Crippen molar-refractivity contribution in [2.24, 2.45) is 0 Å². The number of hydrogen-bond donors (Lipinski definition) is 2. The first-order valence-electron chi connectivity index (χ1n) is 3.90. The summed E-state index contributed by atoms with van der Waals surface area (Å²) >= 11 is 0. The smallest absolute Gasteiger partial charge is 0.304 e. The average Bonchev–Trinajstić information content (AvgIpc) is 2.47. The van der Waals surface area contributed by atoms with Crippen LogP contribution in [0.1, 0.15) is 6.92 Å². The summed E-state index contributed by atoms with van der Waals surface area (Å²) in [6, 6.07) is 0. The first-order valence-corrected chi connectivity index (χ1v) is 3.90. The number of hydrogen-bond acceptors (Lipinski definition) is 3. The molecule has 2 aromatic rings. The SMILES string of the molecule is CCn1cc2[nH]c(=O)[nH]c(=O)c2n1. The van der Waals surface area contributed by atoms with Crippen LogP contribution in [0.25, 0.3) is 11.0 Å². The summed E-state index contributed by atoms with van der Waals surface area (Å²) in [7, 11) is 0. The zero-order valence-corrected chi connectivity index (χ0v) is 7.00. The van der Waals surface area contributed by atoms with Gasteiger partial charge in [0.05, 0.1) is 5.52 Å². The Morgan fingerprint density at radius 3 is 2.92 bits per heavy atom. The molecule has 0 aromatic carbocycles. The quantitative estimate of drug-likeness (QED) is 0.616. The fourth-order valence-corrected chi connectivity index (χ4v) is 1.16. The highest BCUT2D eigenvalue weighted by Crippen LogP contribution is 1.99. The first-order chi connectivity index (χ1) is 6.20. The van der Waals surface area contributed by atoms with Crippen molar-refractivity contribution in [1.29, 1.82) is 0 Å². The molecule has 6 nitrogen and oxygen atoms in total. The molecular formula is C7H8N4O2. The molecule has 0 amide bonds. The van der Waals surface area contributed by atoms with Crippen molar-refractivity contribution in [3.05, 3.63) is 27.0 Å². The number of aryl methyl sites for hydroxylation is 1. The molecule has 0 spiro atoms. The van der Waals surface area contributed by atoms with Gasteiger partial charge in [-0.3, -0.25) is 14.5 Å². The Bertz CT molecular complexity index is 547. The van der Waals surface area contributed by atoms with Gasteiger partial charge in [-0.1, -0.05) is 0 Å². The van der Waals surface area contributed by atoms with Crippen LogP contribution in [-0.2, 0) is 6.54 Å². The second-order valence-electron chi connectivity index (χ2n) is 2.66. The molecule has 0 aliphatic rings. The highest BCUT2D eigenvalue weighted by molar-refractivity contribution is 5.71. The van der Waals surface area contributed by atoms with Crippen molar-refractivity contribution in [3.63, 3.8) is 0 Å². The molecule has 2 rings (SSSR count). The molecule has 13 heavy (non-hydrogen) atoms. The molecule has 0 saturated heterocycles. The summed E-state index contributed by atoms with van der Waals surface area (Å²) in [5.41, 5.74) is -0.226. The van der Waals surface area contributed by atoms with E-state index in [1.807, 2.05) is 6.92 Å². The first kappa shape index (κ1) is 7.78. The number of aromatic nitrogens is 4. The molecule has 0 atom stereocenters. The van der Waals surface area contributed by atoms with Gasteiger partial charge in [-0.15, -0.1) is 0 Å². The van der Waals surface area contributed by atoms with E-state index in [1.165, 1.54) is 0 Å². The molecule has 2 aromatic heterocycles. The summed E-state index contributed by atoms with van der Waals surface area (Å²) in [5, 5.41) is 3.97. The van der Waals surface area contributed by atoms with Crippen LogP contribution in [-0.4, -0.2) is 19.7 Å². The van der Waals surface area contributed by atoms with E-state index in [2.05, 4.69) is 15.1 Å². The molecule has 0 aliphatic carbocycles. The minimum Gasteiger partial charge on any atom is -0.304 e. The summed E-state index contributed by atoms with van der Waals surface area (Å²) in [6.07, 6.45) is 1.63. The van der Waals surface area contributed by atoms with Crippen LogP contribution in [0.15, 0.2) is 15.8 Å². The number of aromatic amines is 2. The van der Waals surface area contributed by atoms with Crippen molar-refractivity contribution in [2.75, 3.05) is 0 Å². The summed E-state index contributed by atoms with van der Waals surface area (Å²) in [5.74, 6) is 0. The summed E-state index contributed by atoms with van der Waals surface area (Å²) in [4.78, 5) is 26.6. The van der Waals surface area contributed by atoms with Crippen molar-refractivity contribution in [1.82, 2.24) is 19.7 Å². The number of H-pyrrole nitrogens is 2. The van der Waals surface area contributed by atoms with Crippen LogP contribution >= 0.6 is 0 Å². The van der Waals surface area contributed by atoms with Crippen molar-refractivity contribution < 1.29 is 0 Å². The van der Waals surface area contributed by atoms with E-state index in [0.29, 0.717) is 12.1 Å². The maximum absolute atomic E-state index is 11.2. The molecular weight excluding hydrogens is 172 g/mol. The molecule has 2 heterocycles. The Balaban J connectivity index is 2.91. The van der Waals surface area contributed by atoms with Crippen LogP contribution in [0.3, 0.4) is 0 Å². The number of fused-ring (bicyclic) bond motifs is 1. The minimum absolute atomic E-state index is 0.265. The van der Waals surface area contributed by atoms with E-state index in [1.54, 1.807) is 10.9 Å². The van der Waals surface area contributed by atoms with E-state index in [4.69, 9.17) is 0 Å². The molecule has 0 aliphatic heterocycles. The van der Waals surface area contributed by atoms with Crippen molar-refractivity contribution >= 4 is 11.0 Å². The lowest BCUT2D eigenvalue weighted by Gasteiger charge is -1.87. The van der Waals surface area contributed by atoms with E-state index >= 15 is 0 Å². The maximum atomic E-state index is 11.2. The van der Waals surface area contributed by atoms with Gasteiger partial charge in [0, 0.05) is 12.7 Å². The third kappa shape index (κ3) is 1.16. The lowest BCUT2D eigenvalue weighted by atomic mass is 10.5. The second-order valence-corrected chi connectivity index (χ2v) is 2.66. The average molecular weight is 180 g/mol. The molecule has 0 radical (unpaired) electrons. The van der Waals surface area contributed by atoms with Gasteiger partial charge in [-0.2, -0.15) is 5.10 Å². The number of nitrogens with zero attached hydrogens (tertiary/aromatic N) is 2. The number of rotatable bonds is 1. The Hall–Kier alpha value is -1.85. The van der Waals surface area contributed by atoms with Crippen LogP contribution in [0.2, 0.25) is 0 Å². The standard InChI is InChI=1S/C7H8N4O2/c1-2-11-3-4-5(10-11)6(12)9-7(13)8-4/h3H,2H2,1H3,(H2,8,9,12,13). The van der Waals surface area contributed by atoms with Crippen molar-refractivity contribution in [2.45, 2.75) is 13.5 Å². The van der Waals surface area contributed by atoms with E-state index in [-0.39, 0.29) is 5.52 Å². The lowest BCUT2D eigenvalue weighted by molar-refractivity contribution is 0.667. The van der Waals surface area contributed by atoms with Gasteiger partial charge in [0.15, 0.2) is 5.52 Å². The highest BCUT2D eigenvalue weighted by atomic mass is 16.2. The van der Waals surface area contributed by atoms with E-state index in [9.17, 15) is 9.59 Å². The molecule has 0 fully saturated rings. The zero-order valence-electron chi connectivity index (χ0n) is 7.00.